The third kappa shape index (κ3) is 30.5. The van der Waals surface area contributed by atoms with E-state index < -0.39 is 156 Å². The quantitative estimate of drug-likeness (QED) is 0.0121. The van der Waals surface area contributed by atoms with E-state index in [1.165, 1.54) is 48.5 Å². The lowest BCUT2D eigenvalue weighted by Crippen LogP contribution is -2.60. The zero-order valence-corrected chi connectivity index (χ0v) is 72.7. The van der Waals surface area contributed by atoms with Gasteiger partial charge in [0.05, 0.1) is 19.1 Å². The molecule has 0 spiro atoms. The fourth-order valence-electron chi connectivity index (χ4n) is 15.1. The predicted molar refractivity (Wildman–Crippen MR) is 497 cm³/mol. The highest BCUT2D eigenvalue weighted by atomic mass is 16.4. The molecule has 10 atom stereocenters. The highest BCUT2D eigenvalue weighted by Crippen LogP contribution is 2.25. The number of hydrogen-bond acceptors (Lipinski definition) is 19. The van der Waals surface area contributed by atoms with Gasteiger partial charge in [0.1, 0.15) is 65.9 Å². The molecule has 133 heavy (non-hydrogen) atoms. The lowest BCUT2D eigenvalue weighted by atomic mass is 10.0. The van der Waals surface area contributed by atoms with Crippen LogP contribution in [-0.2, 0) is 96.1 Å². The van der Waals surface area contributed by atoms with Crippen LogP contribution in [0.15, 0.2) is 170 Å². The number of carboxylic acids is 1. The van der Waals surface area contributed by atoms with E-state index in [1.54, 1.807) is 97.6 Å². The Balaban J connectivity index is 0.841. The van der Waals surface area contributed by atoms with Crippen LogP contribution in [0.2, 0.25) is 0 Å². The molecule has 10 aromatic rings. The van der Waals surface area contributed by atoms with Crippen LogP contribution in [0, 0.1) is 21.6 Å². The molecule has 36 N–H and O–H groups in total. The molecule has 0 bridgehead atoms. The first-order chi connectivity index (χ1) is 63.8. The van der Waals surface area contributed by atoms with E-state index in [-0.39, 0.29) is 139 Å². The molecule has 0 unspecified atom stereocenters. The van der Waals surface area contributed by atoms with E-state index in [2.05, 4.69) is 99.7 Å². The van der Waals surface area contributed by atoms with Crippen molar-refractivity contribution in [3.63, 3.8) is 0 Å². The van der Waals surface area contributed by atoms with Crippen LogP contribution in [0.3, 0.4) is 0 Å². The summed E-state index contributed by atoms with van der Waals surface area (Å²) in [6.45, 7) is -1.51. The van der Waals surface area contributed by atoms with Gasteiger partial charge in [0.25, 0.3) is 0 Å². The van der Waals surface area contributed by atoms with Crippen molar-refractivity contribution < 1.29 is 72.9 Å². The first-order valence-corrected chi connectivity index (χ1v) is 43.1. The van der Waals surface area contributed by atoms with Gasteiger partial charge >= 0.3 is 5.97 Å². The molecular weight excluding hydrogens is 1710 g/mol. The summed E-state index contributed by atoms with van der Waals surface area (Å²) in [7, 11) is 0. The number of aromatic hydroxyl groups is 2. The minimum Gasteiger partial charge on any atom is -0.508 e. The molecule has 43 heteroatoms. The Morgan fingerprint density at radius 2 is 0.556 bits per heavy atom. The maximum absolute atomic E-state index is 15.2. The van der Waals surface area contributed by atoms with Gasteiger partial charge in [0.15, 0.2) is 23.8 Å². The number of aromatic nitrogens is 4. The topological polar surface area (TPSA) is 735 Å². The Bertz CT molecular complexity index is 5790. The summed E-state index contributed by atoms with van der Waals surface area (Å²) in [6, 6.07) is 25.3. The summed E-state index contributed by atoms with van der Waals surface area (Å²) in [4.78, 5) is 187. The lowest BCUT2D eigenvalue weighted by molar-refractivity contribution is -0.142. The van der Waals surface area contributed by atoms with Crippen molar-refractivity contribution in [3.8, 4) is 11.5 Å². The highest BCUT2D eigenvalue weighted by molar-refractivity contribution is 6.00. The van der Waals surface area contributed by atoms with Gasteiger partial charge in [-0.25, -0.2) is 4.79 Å². The van der Waals surface area contributed by atoms with Crippen molar-refractivity contribution in [2.45, 2.75) is 150 Å². The zero-order valence-electron chi connectivity index (χ0n) is 72.7. The summed E-state index contributed by atoms with van der Waals surface area (Å²) in [6.07, 6.45) is 5.28. The van der Waals surface area contributed by atoms with E-state index in [0.29, 0.717) is 55.0 Å². The first kappa shape index (κ1) is 98.9. The Hall–Kier alpha value is -16.2. The van der Waals surface area contributed by atoms with Crippen LogP contribution in [0.5, 0.6) is 11.5 Å². The molecular formula is C90H114N28O15. The average Bonchev–Trinajstić information content (AvgIpc) is 1.72. The van der Waals surface area contributed by atoms with E-state index >= 15 is 19.2 Å². The molecule has 10 rings (SSSR count). The number of carbonyl (C=O) groups is 12. The monoisotopic (exact) mass is 1830 g/mol. The van der Waals surface area contributed by atoms with Gasteiger partial charge in [0, 0.05) is 127 Å². The summed E-state index contributed by atoms with van der Waals surface area (Å²) >= 11 is 0. The first-order valence-electron chi connectivity index (χ1n) is 43.1. The molecule has 0 fully saturated rings. The van der Waals surface area contributed by atoms with Gasteiger partial charge in [-0.05, 0) is 140 Å². The van der Waals surface area contributed by atoms with Gasteiger partial charge in [-0.15, -0.1) is 0 Å². The number of H-pyrrole nitrogens is 4. The molecule has 704 valence electrons. The number of aliphatic carboxylic acids is 1. The summed E-state index contributed by atoms with van der Waals surface area (Å²) < 4.78 is 0. The number of phenolic OH excluding ortho intramolecular Hbond substituents is 2. The van der Waals surface area contributed by atoms with Crippen LogP contribution in [0.25, 0.3) is 43.6 Å². The highest BCUT2D eigenvalue weighted by Gasteiger charge is 2.37. The molecule has 0 aliphatic heterocycles. The number of aromatic amines is 4. The van der Waals surface area contributed by atoms with Crippen molar-refractivity contribution in [1.82, 2.24) is 99.7 Å². The number of amides is 11. The fraction of sp³-hybridized carbons (Fsp3) is 0.333. The number of guanidine groups is 4. The van der Waals surface area contributed by atoms with Gasteiger partial charge in [0.2, 0.25) is 65.0 Å². The summed E-state index contributed by atoms with van der Waals surface area (Å²) in [5.41, 5.74) is 34.9. The SMILES string of the molecule is N=C(N)NCCC[C@H](NC(=O)CNC(=O)CNC(=O)[C@H](CCCNC(=N)N)NC(=O)[C@H](Cc1ccc(O)cc1)NC(=O)[C@H](Cc1c[nH]c2ccccc12)NC(=O)[C@H](CCCNC(=N)N)NC(=O)[C@@H](N)Cc1c[nH]c2ccccc12)C(=O)N[C@@H](Cc1ccc(O)cc1)C(=O)N[C@@H](Cc1c[nH]c2ccccc12)C(=O)N[C@@H](CCCNC(=N)N)C(=O)N[C@@H](Cc1c[nH]c2ccccc12)C(=O)O. The number of nitrogens with two attached hydrogens (primary N) is 5. The standard InChI is InChI=1S/C90H114N28O15/c91-61(39-51-43-104-62-17-5-1-13-57(51)62)77(123)111-68(23-11-35-102-89(96)97)80(126)116-73(41-53-45-106-64-19-7-3-15-59(53)64)85(131)115-70(37-49-25-29-55(119)30-26-49)82(128)112-66(21-9-33-100-87(92)93)78(124)109-47-75(121)108-48-76(122)110-67(22-10-34-101-88(94)95)79(125)114-71(38-50-27-31-56(120)32-28-50)83(129)117-72(40-52-44-105-63-18-6-2-14-58(52)63)84(130)113-69(24-12-36-103-90(98)99)81(127)118-74(86(132)133)42-54-46-107-65-20-8-4-16-60(54)65/h1-8,13-20,25-32,43-46,61,66-74,104-107,119-120H,9-12,21-24,33-42,47-48,91H2,(H,108,121)(H,109,124)(H,110,122)(H,111,123)(H,112,128)(H,113,130)(H,114,125)(H,115,131)(H,116,126)(H,117,129)(H,118,127)(H,132,133)(H4,92,93,100)(H4,94,95,101)(H4,96,97,102)(H4,98,99,103)/t61-,66-,67-,68-,69-,70-,71-,72-,73-,74-/m0/s1. The molecule has 4 aromatic heterocycles. The van der Waals surface area contributed by atoms with Crippen LogP contribution in [-0.4, -0.2) is 230 Å². The Kier molecular flexibility index (Phi) is 36.3. The third-order valence-electron chi connectivity index (χ3n) is 22.0. The molecule has 0 aliphatic carbocycles. The molecule has 0 radical (unpaired) electrons. The zero-order chi connectivity index (χ0) is 95.6. The van der Waals surface area contributed by atoms with E-state index in [1.807, 2.05) is 24.3 Å². The van der Waals surface area contributed by atoms with Crippen molar-refractivity contribution >= 4 is 138 Å². The maximum Gasteiger partial charge on any atom is 0.326 e. The fourth-order valence-corrected chi connectivity index (χ4v) is 15.1. The van der Waals surface area contributed by atoms with Gasteiger partial charge < -0.3 is 144 Å². The molecule has 11 amide bonds. The number of para-hydroxylation sites is 4. The number of nitrogens with one attached hydrogen (secondary N) is 23. The number of carboxylic acid groups (broad SMARTS) is 1. The minimum atomic E-state index is -1.61. The second-order valence-corrected chi connectivity index (χ2v) is 32.0. The van der Waals surface area contributed by atoms with Crippen molar-refractivity contribution in [3.05, 3.63) is 204 Å². The smallest absolute Gasteiger partial charge is 0.326 e. The number of rotatable bonds is 51. The molecule has 6 aromatic carbocycles. The molecule has 0 saturated heterocycles. The third-order valence-corrected chi connectivity index (χ3v) is 22.0. The van der Waals surface area contributed by atoms with E-state index in [0.717, 1.165) is 22.0 Å². The number of hydrogen-bond donors (Lipinski definition) is 31. The second-order valence-electron chi connectivity index (χ2n) is 32.0. The summed E-state index contributed by atoms with van der Waals surface area (Å²) in [5, 5.41) is 105. The predicted octanol–water partition coefficient (Wildman–Crippen LogP) is -1.16. The van der Waals surface area contributed by atoms with Crippen LogP contribution >= 0.6 is 0 Å². The van der Waals surface area contributed by atoms with Gasteiger partial charge in [-0.3, -0.25) is 74.4 Å². The van der Waals surface area contributed by atoms with Gasteiger partial charge in [-0.1, -0.05) is 97.1 Å². The number of carbonyl (C=O) groups excluding carboxylic acids is 11. The maximum atomic E-state index is 15.2. The number of phenols is 2. The summed E-state index contributed by atoms with van der Waals surface area (Å²) in [5.74, 6) is -13.3. The number of benzene rings is 6. The van der Waals surface area contributed by atoms with Crippen molar-refractivity contribution in [2.24, 2.45) is 28.7 Å². The Morgan fingerprint density at radius 3 is 0.887 bits per heavy atom. The van der Waals surface area contributed by atoms with Gasteiger partial charge in [-0.2, -0.15) is 0 Å². The normalized spacial score (nSPS) is 13.4. The largest absolute Gasteiger partial charge is 0.508 e. The average molecular weight is 1830 g/mol. The van der Waals surface area contributed by atoms with E-state index in [9.17, 15) is 53.7 Å². The van der Waals surface area contributed by atoms with Crippen LogP contribution in [0.1, 0.15) is 84.7 Å². The molecule has 4 heterocycles. The van der Waals surface area contributed by atoms with Crippen LogP contribution in [0.4, 0.5) is 0 Å². The number of fused-ring (bicyclic) bond motifs is 4. The molecule has 43 nitrogen and oxygen atoms in total. The molecule has 0 saturated carbocycles. The Morgan fingerprint density at radius 1 is 0.293 bits per heavy atom. The van der Waals surface area contributed by atoms with Crippen molar-refractivity contribution in [2.75, 3.05) is 39.3 Å². The van der Waals surface area contributed by atoms with Crippen LogP contribution < -0.4 is 108 Å². The second kappa shape index (κ2) is 48.8. The van der Waals surface area contributed by atoms with E-state index in [4.69, 9.17) is 50.3 Å². The van der Waals surface area contributed by atoms with Crippen molar-refractivity contribution in [1.29, 1.82) is 21.6 Å². The molecule has 0 aliphatic rings. The Labute approximate surface area is 762 Å². The lowest BCUT2D eigenvalue weighted by Gasteiger charge is -2.27. The minimum absolute atomic E-state index is 0.00452.